The lowest BCUT2D eigenvalue weighted by molar-refractivity contribution is -0.142. The normalized spacial score (nSPS) is 14.4. The number of nitrogens with two attached hydrogens (primary N) is 1. The Kier molecular flexibility index (Phi) is 22.7. The number of carbonyl (C=O) groups is 9. The van der Waals surface area contributed by atoms with Gasteiger partial charge >= 0.3 is 5.97 Å². The Balaban J connectivity index is 1.25. The Morgan fingerprint density at radius 1 is 0.800 bits per heavy atom. The number of benzene rings is 2. The van der Waals surface area contributed by atoms with Gasteiger partial charge in [-0.15, -0.1) is 0 Å². The van der Waals surface area contributed by atoms with Crippen LogP contribution < -0.4 is 32.3 Å². The summed E-state index contributed by atoms with van der Waals surface area (Å²) in [6.07, 6.45) is 5.06. The standard InChI is InChI=1S/C52H70F2N10O11/c1-31(2)45(60-41(67)15-11-8-12-25-62-42(68)20-21-43(62)69)50(73)58-32(3)48(71)59-38(51(74)75)18-19-40(66)56-23-24-57-49(72)37(55)22-26-63(44(70)30-65)47(52(4,5)6)46-34(27-33-13-9-7-10-14-33)29-64(61-46)39-28-35(53)16-17-36(39)54/h7,9-10,13-14,16-17,20-21,28-29,31-32,37-38,45,47,65H,8,11-12,15,18-19,22-27,30,55H2,1-6H3,(H,56,66)(H,57,72)(H,58,73)(H,59,71)(H,60,67)(H,74,75)/t32-,37-,38-,45-,47-/m0/s1. The van der Waals surface area contributed by atoms with Gasteiger partial charge in [-0.25, -0.2) is 18.3 Å². The van der Waals surface area contributed by atoms with Gasteiger partial charge in [-0.3, -0.25) is 43.3 Å². The van der Waals surface area contributed by atoms with Crippen LogP contribution in [0.25, 0.3) is 5.69 Å². The van der Waals surface area contributed by atoms with Crippen LogP contribution in [-0.4, -0.2) is 140 Å². The SMILES string of the molecule is CC(C)[C@H](NC(=O)CCCCCN1C(=O)C=CC1=O)C(=O)N[C@@H](C)C(=O)N[C@@H](CCC(=O)NCCNC(=O)[C@@H](N)CCN(C(=O)CO)[C@@H](c1nn(-c2cc(F)ccc2F)cc1Cc1ccccc1)C(C)(C)C)C(=O)O. The van der Waals surface area contributed by atoms with E-state index in [0.29, 0.717) is 36.9 Å². The summed E-state index contributed by atoms with van der Waals surface area (Å²) < 4.78 is 30.7. The smallest absolute Gasteiger partial charge is 0.326 e. The van der Waals surface area contributed by atoms with E-state index in [-0.39, 0.29) is 75.3 Å². The highest BCUT2D eigenvalue weighted by molar-refractivity contribution is 6.12. The van der Waals surface area contributed by atoms with Gasteiger partial charge in [-0.05, 0) is 61.6 Å². The maximum atomic E-state index is 15.1. The van der Waals surface area contributed by atoms with E-state index in [1.807, 2.05) is 51.1 Å². The maximum Gasteiger partial charge on any atom is 0.326 e. The van der Waals surface area contributed by atoms with Crippen molar-refractivity contribution in [1.82, 2.24) is 46.2 Å². The summed E-state index contributed by atoms with van der Waals surface area (Å²) in [5, 5.41) is 37.3. The molecule has 21 nitrogen and oxygen atoms in total. The molecule has 2 heterocycles. The van der Waals surface area contributed by atoms with Crippen LogP contribution in [0.1, 0.15) is 109 Å². The number of carbonyl (C=O) groups excluding carboxylic acids is 8. The maximum absolute atomic E-state index is 15.1. The van der Waals surface area contributed by atoms with Crippen molar-refractivity contribution in [2.45, 2.75) is 123 Å². The first-order valence-corrected chi connectivity index (χ1v) is 24.9. The topological polar surface area (TPSA) is 305 Å². The molecule has 0 aliphatic carbocycles. The van der Waals surface area contributed by atoms with Gasteiger partial charge in [0.25, 0.3) is 11.8 Å². The van der Waals surface area contributed by atoms with Gasteiger partial charge in [-0.2, -0.15) is 5.10 Å². The molecule has 1 aliphatic heterocycles. The molecule has 0 radical (unpaired) electrons. The van der Waals surface area contributed by atoms with Crippen LogP contribution in [-0.2, 0) is 49.6 Å². The summed E-state index contributed by atoms with van der Waals surface area (Å²) in [4.78, 5) is 116. The number of nitrogens with zero attached hydrogens (tertiary/aromatic N) is 4. The number of imide groups is 1. The fraction of sp³-hybridized carbons (Fsp3) is 0.500. The van der Waals surface area contributed by atoms with E-state index in [4.69, 9.17) is 10.8 Å². The van der Waals surface area contributed by atoms with Crippen molar-refractivity contribution < 1.29 is 62.1 Å². The second kappa shape index (κ2) is 28.3. The van der Waals surface area contributed by atoms with E-state index < -0.39 is 95.3 Å². The molecule has 3 aromatic rings. The molecule has 0 unspecified atom stereocenters. The van der Waals surface area contributed by atoms with Crippen LogP contribution in [0.4, 0.5) is 8.78 Å². The number of aliphatic hydroxyl groups excluding tert-OH is 1. The number of rotatable bonds is 29. The van der Waals surface area contributed by atoms with Crippen molar-refractivity contribution in [3.05, 3.63) is 95.3 Å². The van der Waals surface area contributed by atoms with Gasteiger partial charge in [0, 0.05) is 75.4 Å². The molecule has 0 saturated heterocycles. The summed E-state index contributed by atoms with van der Waals surface area (Å²) in [6, 6.07) is 6.49. The van der Waals surface area contributed by atoms with Crippen LogP contribution in [0, 0.1) is 23.0 Å². The lowest BCUT2D eigenvalue weighted by Gasteiger charge is -2.40. The quantitative estimate of drug-likeness (QED) is 0.0366. The molecule has 8 amide bonds. The van der Waals surface area contributed by atoms with Crippen molar-refractivity contribution in [2.24, 2.45) is 17.1 Å². The zero-order valence-electron chi connectivity index (χ0n) is 43.2. The number of aliphatic carboxylic acids is 1. The minimum atomic E-state index is -1.52. The van der Waals surface area contributed by atoms with Crippen LogP contribution in [0.15, 0.2) is 66.9 Å². The van der Waals surface area contributed by atoms with E-state index in [1.54, 1.807) is 20.0 Å². The summed E-state index contributed by atoms with van der Waals surface area (Å²) in [5.74, 6) is -7.88. The molecule has 23 heteroatoms. The molecule has 2 aromatic carbocycles. The number of carboxylic acid groups (broad SMARTS) is 1. The predicted molar refractivity (Wildman–Crippen MR) is 270 cm³/mol. The summed E-state index contributed by atoms with van der Waals surface area (Å²) in [7, 11) is 0. The predicted octanol–water partition coefficient (Wildman–Crippen LogP) is 2.08. The molecule has 0 saturated carbocycles. The molecule has 408 valence electrons. The number of carboxylic acids is 1. The van der Waals surface area contributed by atoms with E-state index in [2.05, 4.69) is 26.6 Å². The van der Waals surface area contributed by atoms with E-state index in [1.165, 1.54) is 28.7 Å². The fourth-order valence-corrected chi connectivity index (χ4v) is 8.28. The second-order valence-corrected chi connectivity index (χ2v) is 19.7. The Labute approximate surface area is 434 Å². The van der Waals surface area contributed by atoms with Gasteiger partial charge < -0.3 is 47.4 Å². The van der Waals surface area contributed by atoms with Crippen molar-refractivity contribution >= 4 is 53.2 Å². The molecule has 0 spiro atoms. The molecule has 4 rings (SSSR count). The van der Waals surface area contributed by atoms with Crippen LogP contribution >= 0.6 is 0 Å². The molecular weight excluding hydrogens is 979 g/mol. The second-order valence-electron chi connectivity index (χ2n) is 19.7. The van der Waals surface area contributed by atoms with Gasteiger partial charge in [0.1, 0.15) is 42.1 Å². The summed E-state index contributed by atoms with van der Waals surface area (Å²) in [5.41, 5.74) is 7.19. The molecule has 0 bridgehead atoms. The first-order valence-electron chi connectivity index (χ1n) is 24.9. The lowest BCUT2D eigenvalue weighted by atomic mass is 9.81. The van der Waals surface area contributed by atoms with Gasteiger partial charge in [0.15, 0.2) is 0 Å². The zero-order chi connectivity index (χ0) is 55.6. The van der Waals surface area contributed by atoms with Crippen molar-refractivity contribution in [1.29, 1.82) is 0 Å². The Bertz CT molecular complexity index is 2530. The average molecular weight is 1050 g/mol. The van der Waals surface area contributed by atoms with Crippen molar-refractivity contribution in [3.8, 4) is 5.69 Å². The fourth-order valence-electron chi connectivity index (χ4n) is 8.28. The third kappa shape index (κ3) is 18.2. The number of unbranched alkanes of at least 4 members (excludes halogenated alkanes) is 2. The monoisotopic (exact) mass is 1050 g/mol. The van der Waals surface area contributed by atoms with Crippen molar-refractivity contribution in [2.75, 3.05) is 32.8 Å². The largest absolute Gasteiger partial charge is 0.480 e. The van der Waals surface area contributed by atoms with Gasteiger partial charge in [-0.1, -0.05) is 71.4 Å². The number of nitrogens with one attached hydrogen (secondary N) is 5. The molecule has 0 fully saturated rings. The third-order valence-corrected chi connectivity index (χ3v) is 12.3. The number of aliphatic hydroxyl groups is 1. The molecule has 75 heavy (non-hydrogen) atoms. The molecular formula is C52H70F2N10O11. The third-order valence-electron chi connectivity index (χ3n) is 12.3. The minimum Gasteiger partial charge on any atom is -0.480 e. The first kappa shape index (κ1) is 60.2. The highest BCUT2D eigenvalue weighted by atomic mass is 19.1. The lowest BCUT2D eigenvalue weighted by Crippen LogP contribution is -2.56. The highest BCUT2D eigenvalue weighted by Crippen LogP contribution is 2.40. The number of aromatic nitrogens is 2. The van der Waals surface area contributed by atoms with Gasteiger partial charge in [0.05, 0.1) is 17.8 Å². The van der Waals surface area contributed by atoms with Crippen LogP contribution in [0.2, 0.25) is 0 Å². The Morgan fingerprint density at radius 3 is 2.09 bits per heavy atom. The summed E-state index contributed by atoms with van der Waals surface area (Å²) in [6.45, 7) is 9.29. The Hall–Kier alpha value is -7.40. The van der Waals surface area contributed by atoms with E-state index in [0.717, 1.165) is 28.7 Å². The number of halogens is 2. The van der Waals surface area contributed by atoms with Gasteiger partial charge in [0.2, 0.25) is 35.4 Å². The zero-order valence-corrected chi connectivity index (χ0v) is 43.2. The molecule has 1 aromatic heterocycles. The van der Waals surface area contributed by atoms with Crippen molar-refractivity contribution in [3.63, 3.8) is 0 Å². The number of amides is 8. The average Bonchev–Trinajstić information content (AvgIpc) is 3.91. The molecule has 9 N–H and O–H groups in total. The Morgan fingerprint density at radius 2 is 1.47 bits per heavy atom. The molecule has 5 atom stereocenters. The minimum absolute atomic E-state index is 0.0696. The van der Waals surface area contributed by atoms with Crippen LogP contribution in [0.3, 0.4) is 0 Å². The molecule has 1 aliphatic rings. The first-order chi connectivity index (χ1) is 35.4. The van der Waals surface area contributed by atoms with E-state index in [9.17, 15) is 57.8 Å². The van der Waals surface area contributed by atoms with Crippen LogP contribution in [0.5, 0.6) is 0 Å². The summed E-state index contributed by atoms with van der Waals surface area (Å²) >= 11 is 0. The number of hydrogen-bond donors (Lipinski definition) is 8. The number of hydrogen-bond acceptors (Lipinski definition) is 12. The highest BCUT2D eigenvalue weighted by Gasteiger charge is 2.39. The van der Waals surface area contributed by atoms with E-state index >= 15 is 4.39 Å².